The summed E-state index contributed by atoms with van der Waals surface area (Å²) in [5.41, 5.74) is 1.92. The summed E-state index contributed by atoms with van der Waals surface area (Å²) in [5.74, 6) is 0.382. The highest BCUT2D eigenvalue weighted by Crippen LogP contribution is 2.33. The Morgan fingerprint density at radius 2 is 2.07 bits per heavy atom. The molecule has 28 heavy (non-hydrogen) atoms. The van der Waals surface area contributed by atoms with Gasteiger partial charge in [-0.25, -0.2) is 4.79 Å². The number of hydrogen-bond donors (Lipinski definition) is 2. The molecule has 1 saturated heterocycles. The molecule has 0 spiro atoms. The van der Waals surface area contributed by atoms with Crippen LogP contribution in [-0.2, 0) is 7.05 Å². The second kappa shape index (κ2) is 9.19. The van der Waals surface area contributed by atoms with E-state index in [1.54, 1.807) is 16.0 Å². The first-order chi connectivity index (χ1) is 13.3. The quantitative estimate of drug-likeness (QED) is 0.683. The molecule has 0 atom stereocenters. The Morgan fingerprint density at radius 1 is 1.36 bits per heavy atom. The molecule has 0 saturated carbocycles. The van der Waals surface area contributed by atoms with E-state index in [-0.39, 0.29) is 6.03 Å². The number of thiophene rings is 1. The van der Waals surface area contributed by atoms with Crippen molar-refractivity contribution in [3.05, 3.63) is 28.2 Å². The third-order valence-electron chi connectivity index (χ3n) is 4.86. The summed E-state index contributed by atoms with van der Waals surface area (Å²) in [6, 6.07) is 2.20. The summed E-state index contributed by atoms with van der Waals surface area (Å²) < 4.78 is 6.94. The first-order valence-electron chi connectivity index (χ1n) is 9.64. The Labute approximate surface area is 175 Å². The highest BCUT2D eigenvalue weighted by molar-refractivity contribution is 7.99. The van der Waals surface area contributed by atoms with Crippen molar-refractivity contribution < 1.29 is 4.79 Å². The lowest BCUT2D eigenvalue weighted by molar-refractivity contribution is 0.256. The number of nitrogens with zero attached hydrogens (tertiary/aromatic N) is 4. The van der Waals surface area contributed by atoms with Crippen molar-refractivity contribution in [1.29, 1.82) is 0 Å². The van der Waals surface area contributed by atoms with Gasteiger partial charge in [0.1, 0.15) is 0 Å². The van der Waals surface area contributed by atoms with Gasteiger partial charge in [-0.3, -0.25) is 13.7 Å². The number of carbonyl (C=O) groups excluding carboxylic acids is 1. The Bertz CT molecular complexity index is 794. The monoisotopic (exact) mass is 422 g/mol. The zero-order valence-electron chi connectivity index (χ0n) is 17.2. The number of piperidine rings is 1. The van der Waals surface area contributed by atoms with Gasteiger partial charge in [0, 0.05) is 29.0 Å². The van der Waals surface area contributed by atoms with E-state index in [1.807, 2.05) is 25.5 Å². The summed E-state index contributed by atoms with van der Waals surface area (Å²) in [7, 11) is 4.06. The molecule has 2 aromatic heterocycles. The lowest BCUT2D eigenvalue weighted by Crippen LogP contribution is -2.42. The number of anilines is 2. The molecule has 1 fully saturated rings. The van der Waals surface area contributed by atoms with E-state index >= 15 is 0 Å². The van der Waals surface area contributed by atoms with Crippen molar-refractivity contribution in [2.45, 2.75) is 45.6 Å². The largest absolute Gasteiger partial charge is 0.330 e. The van der Waals surface area contributed by atoms with Crippen molar-refractivity contribution in [2.24, 2.45) is 7.05 Å². The van der Waals surface area contributed by atoms with Crippen LogP contribution in [0.4, 0.5) is 16.2 Å². The van der Waals surface area contributed by atoms with E-state index in [9.17, 15) is 4.79 Å². The van der Waals surface area contributed by atoms with Crippen LogP contribution in [0, 0.1) is 6.92 Å². The maximum absolute atomic E-state index is 12.6. The number of likely N-dealkylation sites (tertiary alicyclic amines) is 1. The molecule has 9 heteroatoms. The molecule has 0 unspecified atom stereocenters. The van der Waals surface area contributed by atoms with Gasteiger partial charge in [-0.2, -0.15) is 5.10 Å². The maximum atomic E-state index is 12.6. The summed E-state index contributed by atoms with van der Waals surface area (Å²) in [5, 5.41) is 7.32. The molecular formula is C19H30N6OS2. The van der Waals surface area contributed by atoms with Gasteiger partial charge < -0.3 is 10.2 Å². The molecule has 1 aliphatic rings. The second-order valence-corrected chi connectivity index (χ2v) is 9.74. The standard InChI is InChI=1S/C19H30N6OS2/c1-13(2)18-17(10-14(3)27-18)21-19(26)22-28-25(16-11-20-24(5)12-16)15-6-8-23(4)9-7-15/h10-13,15H,6-9H2,1-5H3,(H2,21,22,26). The molecule has 0 aliphatic carbocycles. The number of carbonyl (C=O) groups is 1. The SMILES string of the molecule is Cc1cc(NC(=O)NSN(c2cnn(C)c2)C2CCN(C)CC2)c(C(C)C)s1. The van der Waals surface area contributed by atoms with Crippen molar-refractivity contribution in [1.82, 2.24) is 19.4 Å². The number of amides is 2. The lowest BCUT2D eigenvalue weighted by Gasteiger charge is -2.36. The van der Waals surface area contributed by atoms with Crippen LogP contribution >= 0.6 is 23.5 Å². The van der Waals surface area contributed by atoms with Crippen LogP contribution in [0.2, 0.25) is 0 Å². The normalized spacial score (nSPS) is 15.8. The van der Waals surface area contributed by atoms with Crippen molar-refractivity contribution in [3.8, 4) is 0 Å². The molecule has 3 rings (SSSR count). The first-order valence-corrected chi connectivity index (χ1v) is 11.2. The van der Waals surface area contributed by atoms with E-state index in [0.29, 0.717) is 12.0 Å². The lowest BCUT2D eigenvalue weighted by atomic mass is 10.1. The molecule has 154 valence electrons. The minimum Gasteiger partial charge on any atom is -0.306 e. The molecule has 0 aromatic carbocycles. The zero-order chi connectivity index (χ0) is 20.3. The van der Waals surface area contributed by atoms with Crippen LogP contribution in [0.1, 0.15) is 42.4 Å². The van der Waals surface area contributed by atoms with Crippen LogP contribution in [0.25, 0.3) is 0 Å². The van der Waals surface area contributed by atoms with Gasteiger partial charge in [0.15, 0.2) is 0 Å². The predicted molar refractivity (Wildman–Crippen MR) is 119 cm³/mol. The van der Waals surface area contributed by atoms with Gasteiger partial charge in [-0.15, -0.1) is 11.3 Å². The van der Waals surface area contributed by atoms with E-state index in [2.05, 4.69) is 52.2 Å². The minimum absolute atomic E-state index is 0.202. The Hall–Kier alpha value is -1.71. The third kappa shape index (κ3) is 5.21. The fourth-order valence-corrected chi connectivity index (χ4v) is 5.16. The van der Waals surface area contributed by atoms with Crippen LogP contribution < -0.4 is 14.3 Å². The topological polar surface area (TPSA) is 65.4 Å². The Morgan fingerprint density at radius 3 is 2.68 bits per heavy atom. The molecule has 0 radical (unpaired) electrons. The molecule has 7 nitrogen and oxygen atoms in total. The van der Waals surface area contributed by atoms with Gasteiger partial charge in [0.05, 0.1) is 29.7 Å². The molecule has 2 aromatic rings. The van der Waals surface area contributed by atoms with Crippen LogP contribution in [0.5, 0.6) is 0 Å². The van der Waals surface area contributed by atoms with Crippen LogP contribution in [0.3, 0.4) is 0 Å². The number of urea groups is 1. The van der Waals surface area contributed by atoms with Crippen LogP contribution in [-0.4, -0.2) is 46.9 Å². The van der Waals surface area contributed by atoms with Crippen molar-refractivity contribution >= 4 is 40.9 Å². The first kappa shape index (κ1) is 21.0. The third-order valence-corrected chi connectivity index (χ3v) is 7.19. The maximum Gasteiger partial charge on any atom is 0.330 e. The molecule has 3 heterocycles. The number of rotatable bonds is 6. The van der Waals surface area contributed by atoms with E-state index in [0.717, 1.165) is 37.3 Å². The van der Waals surface area contributed by atoms with Gasteiger partial charge in [0.2, 0.25) is 0 Å². The molecule has 1 aliphatic heterocycles. The summed E-state index contributed by atoms with van der Waals surface area (Å²) in [4.78, 5) is 17.3. The Balaban J connectivity index is 1.65. The average Bonchev–Trinajstić information content (AvgIpc) is 3.22. The number of aromatic nitrogens is 2. The zero-order valence-corrected chi connectivity index (χ0v) is 18.9. The summed E-state index contributed by atoms with van der Waals surface area (Å²) >= 11 is 3.08. The molecule has 2 amide bonds. The number of hydrogen-bond acceptors (Lipinski definition) is 6. The molecular weight excluding hydrogens is 392 g/mol. The minimum atomic E-state index is -0.202. The smallest absolute Gasteiger partial charge is 0.306 e. The second-order valence-electron chi connectivity index (χ2n) is 7.67. The Kier molecular flexibility index (Phi) is 6.90. The van der Waals surface area contributed by atoms with Gasteiger partial charge in [0.25, 0.3) is 0 Å². The fraction of sp³-hybridized carbons (Fsp3) is 0.579. The number of nitrogens with one attached hydrogen (secondary N) is 2. The predicted octanol–water partition coefficient (Wildman–Crippen LogP) is 4.20. The van der Waals surface area contributed by atoms with Crippen molar-refractivity contribution in [2.75, 3.05) is 29.8 Å². The molecule has 2 N–H and O–H groups in total. The summed E-state index contributed by atoms with van der Waals surface area (Å²) in [6.45, 7) is 8.47. The van der Waals surface area contributed by atoms with Crippen LogP contribution in [0.15, 0.2) is 18.5 Å². The molecule has 0 bridgehead atoms. The van der Waals surface area contributed by atoms with Gasteiger partial charge in [-0.05, 0) is 51.9 Å². The van der Waals surface area contributed by atoms with Crippen molar-refractivity contribution in [3.63, 3.8) is 0 Å². The fourth-order valence-electron chi connectivity index (χ4n) is 3.39. The highest BCUT2D eigenvalue weighted by Gasteiger charge is 2.26. The van der Waals surface area contributed by atoms with Gasteiger partial charge >= 0.3 is 6.03 Å². The average molecular weight is 423 g/mol. The van der Waals surface area contributed by atoms with E-state index in [1.165, 1.54) is 21.9 Å². The summed E-state index contributed by atoms with van der Waals surface area (Å²) in [6.07, 6.45) is 5.96. The number of aryl methyl sites for hydroxylation is 2. The van der Waals surface area contributed by atoms with E-state index < -0.39 is 0 Å². The van der Waals surface area contributed by atoms with Gasteiger partial charge in [-0.1, -0.05) is 13.8 Å². The van der Waals surface area contributed by atoms with E-state index in [4.69, 9.17) is 0 Å². The highest BCUT2D eigenvalue weighted by atomic mass is 32.2.